The minimum absolute atomic E-state index is 0.0487. The molecule has 1 aliphatic carbocycles. The minimum Gasteiger partial charge on any atom is -0.444 e. The largest absolute Gasteiger partial charge is 0.444 e. The van der Waals surface area contributed by atoms with Crippen LogP contribution in [0.3, 0.4) is 0 Å². The van der Waals surface area contributed by atoms with E-state index in [0.29, 0.717) is 38.6 Å². The van der Waals surface area contributed by atoms with E-state index in [1.807, 2.05) is 42.5 Å². The van der Waals surface area contributed by atoms with Crippen molar-refractivity contribution < 1.29 is 31.7 Å². The molecule has 0 unspecified atom stereocenters. The summed E-state index contributed by atoms with van der Waals surface area (Å²) in [4.78, 5) is 41.6. The third kappa shape index (κ3) is 9.07. The van der Waals surface area contributed by atoms with E-state index in [1.165, 1.54) is 4.90 Å². The highest BCUT2D eigenvalue weighted by Crippen LogP contribution is 2.49. The zero-order valence-corrected chi connectivity index (χ0v) is 26.8. The smallest absolute Gasteiger partial charge is 0.408 e. The third-order valence-electron chi connectivity index (χ3n) is 8.18. The molecule has 0 spiro atoms. The number of ether oxygens (including phenoxy) is 1. The average molecular weight is 631 g/mol. The van der Waals surface area contributed by atoms with Gasteiger partial charge in [-0.1, -0.05) is 61.9 Å². The number of carbonyl (C=O) groups is 3. The van der Waals surface area contributed by atoms with Gasteiger partial charge in [0.2, 0.25) is 11.8 Å². The Hall–Kier alpha value is -3.38. The molecule has 1 saturated carbocycles. The standard InChI is InChI=1S/C32H46N4O7S/c1-23(35-44(40,41)42-21-19-24-14-9-8-10-15-24)32-22-25(32)16-11-6-5-7-12-17-26(33-30(39)43-31(2,3)4)29(38)36-20-13-18-27(36)28(37)34-32/h8-11,14-16,25-27,35H,1,5-7,12-13,17-22H2,2-4H3,(H,33,39)(H,34,37)/b16-11-/t25-,26+,27+,32+/m1/s1. The molecular formula is C32H46N4O7S. The summed E-state index contributed by atoms with van der Waals surface area (Å²) in [5.74, 6) is -0.875. The molecule has 1 saturated heterocycles. The van der Waals surface area contributed by atoms with Gasteiger partial charge >= 0.3 is 16.4 Å². The fraction of sp³-hybridized carbons (Fsp3) is 0.594. The first-order valence-corrected chi connectivity index (χ1v) is 16.9. The number of rotatable bonds is 8. The summed E-state index contributed by atoms with van der Waals surface area (Å²) in [6.45, 7) is 9.60. The first kappa shape index (κ1) is 33.5. The summed E-state index contributed by atoms with van der Waals surface area (Å²) >= 11 is 0. The Labute approximate surface area is 261 Å². The second-order valence-electron chi connectivity index (χ2n) is 12.8. The highest BCUT2D eigenvalue weighted by molar-refractivity contribution is 7.84. The fourth-order valence-electron chi connectivity index (χ4n) is 5.83. The predicted molar refractivity (Wildman–Crippen MR) is 166 cm³/mol. The van der Waals surface area contributed by atoms with Gasteiger partial charge in [-0.05, 0) is 71.3 Å². The summed E-state index contributed by atoms with van der Waals surface area (Å²) in [5.41, 5.74) is -0.707. The molecule has 12 heteroatoms. The number of carbonyl (C=O) groups excluding carboxylic acids is 3. The van der Waals surface area contributed by atoms with E-state index in [0.717, 1.165) is 31.2 Å². The molecule has 0 aromatic heterocycles. The van der Waals surface area contributed by atoms with Gasteiger partial charge < -0.3 is 20.3 Å². The van der Waals surface area contributed by atoms with Crippen molar-refractivity contribution in [3.05, 3.63) is 60.3 Å². The lowest BCUT2D eigenvalue weighted by Crippen LogP contribution is -2.56. The van der Waals surface area contributed by atoms with E-state index in [4.69, 9.17) is 8.92 Å². The van der Waals surface area contributed by atoms with Gasteiger partial charge in [0.1, 0.15) is 17.7 Å². The molecule has 2 heterocycles. The molecule has 4 atom stereocenters. The quantitative estimate of drug-likeness (QED) is 0.370. The highest BCUT2D eigenvalue weighted by Gasteiger charge is 2.58. The second-order valence-corrected chi connectivity index (χ2v) is 14.2. The van der Waals surface area contributed by atoms with Gasteiger partial charge in [0.15, 0.2) is 0 Å². The lowest BCUT2D eigenvalue weighted by molar-refractivity contribution is -0.140. The topological polar surface area (TPSA) is 143 Å². The first-order valence-electron chi connectivity index (χ1n) is 15.5. The Balaban J connectivity index is 1.47. The molecular weight excluding hydrogens is 584 g/mol. The van der Waals surface area contributed by atoms with E-state index in [1.54, 1.807) is 20.8 Å². The van der Waals surface area contributed by atoms with E-state index in [-0.39, 0.29) is 30.0 Å². The van der Waals surface area contributed by atoms with Gasteiger partial charge in [0.25, 0.3) is 0 Å². The molecule has 44 heavy (non-hydrogen) atoms. The lowest BCUT2D eigenvalue weighted by atomic mass is 10.0. The number of nitrogens with one attached hydrogen (secondary N) is 3. The maximum atomic E-state index is 13.7. The molecule has 3 N–H and O–H groups in total. The number of nitrogens with zero attached hydrogens (tertiary/aromatic N) is 1. The van der Waals surface area contributed by atoms with Crippen molar-refractivity contribution in [2.75, 3.05) is 13.2 Å². The van der Waals surface area contributed by atoms with Crippen LogP contribution in [0, 0.1) is 5.92 Å². The van der Waals surface area contributed by atoms with Crippen molar-refractivity contribution in [3.63, 3.8) is 0 Å². The Bertz CT molecular complexity index is 1340. The number of allylic oxidation sites excluding steroid dienone is 1. The number of amides is 3. The number of fused-ring (bicyclic) bond motifs is 2. The van der Waals surface area contributed by atoms with E-state index < -0.39 is 39.6 Å². The maximum absolute atomic E-state index is 13.7. The van der Waals surface area contributed by atoms with Gasteiger partial charge in [-0.25, -0.2) is 4.79 Å². The zero-order valence-electron chi connectivity index (χ0n) is 26.0. The van der Waals surface area contributed by atoms with Crippen LogP contribution in [0.1, 0.15) is 77.7 Å². The van der Waals surface area contributed by atoms with Crippen LogP contribution in [0.25, 0.3) is 0 Å². The van der Waals surface area contributed by atoms with Crippen molar-refractivity contribution in [2.24, 2.45) is 5.92 Å². The molecule has 3 amide bonds. The van der Waals surface area contributed by atoms with Gasteiger partial charge in [-0.3, -0.25) is 18.5 Å². The molecule has 1 aromatic carbocycles. The number of alkyl carbamates (subject to hydrolysis) is 1. The average Bonchev–Trinajstić information content (AvgIpc) is 3.40. The van der Waals surface area contributed by atoms with E-state index in [9.17, 15) is 22.8 Å². The molecule has 0 radical (unpaired) electrons. The summed E-state index contributed by atoms with van der Waals surface area (Å²) in [6, 6.07) is 7.83. The maximum Gasteiger partial charge on any atom is 0.408 e. The predicted octanol–water partition coefficient (Wildman–Crippen LogP) is 3.87. The number of hydrogen-bond acceptors (Lipinski definition) is 7. The molecule has 2 aliphatic heterocycles. The molecule has 2 fully saturated rings. The molecule has 242 valence electrons. The monoisotopic (exact) mass is 630 g/mol. The molecule has 0 bridgehead atoms. The van der Waals surface area contributed by atoms with Crippen molar-refractivity contribution in [3.8, 4) is 0 Å². The minimum atomic E-state index is -4.19. The van der Waals surface area contributed by atoms with Crippen LogP contribution in [0.4, 0.5) is 4.79 Å². The normalized spacial score (nSPS) is 27.1. The lowest BCUT2D eigenvalue weighted by Gasteiger charge is -2.31. The van der Waals surface area contributed by atoms with Crippen LogP contribution in [-0.2, 0) is 35.2 Å². The van der Waals surface area contributed by atoms with E-state index >= 15 is 0 Å². The number of hydrogen-bond donors (Lipinski definition) is 3. The highest BCUT2D eigenvalue weighted by atomic mass is 32.2. The van der Waals surface area contributed by atoms with Gasteiger partial charge in [-0.15, -0.1) is 0 Å². The molecule has 4 rings (SSSR count). The van der Waals surface area contributed by atoms with Gasteiger partial charge in [0, 0.05) is 18.2 Å². The van der Waals surface area contributed by atoms with Gasteiger partial charge in [-0.2, -0.15) is 8.42 Å². The van der Waals surface area contributed by atoms with Gasteiger partial charge in [0.05, 0.1) is 12.1 Å². The Morgan fingerprint density at radius 3 is 2.59 bits per heavy atom. The van der Waals surface area contributed by atoms with Crippen LogP contribution in [-0.4, -0.2) is 67.6 Å². The second kappa shape index (κ2) is 14.2. The van der Waals surface area contributed by atoms with Crippen LogP contribution in [0.5, 0.6) is 0 Å². The SMILES string of the molecule is C=C(NS(=O)(=O)OCCc1ccccc1)[C@@]12C[C@H]1/C=C\CCCCC[C@H](NC(=O)OC(C)(C)C)C(=O)N1CCC[C@H]1C(=O)N2. The summed E-state index contributed by atoms with van der Waals surface area (Å²) in [5, 5.41) is 5.78. The van der Waals surface area contributed by atoms with Crippen LogP contribution < -0.4 is 15.4 Å². The van der Waals surface area contributed by atoms with Crippen LogP contribution >= 0.6 is 0 Å². The zero-order chi connectivity index (χ0) is 32.0. The van der Waals surface area contributed by atoms with Crippen molar-refractivity contribution in [1.82, 2.24) is 20.3 Å². The fourth-order valence-corrected chi connectivity index (χ4v) is 6.68. The summed E-state index contributed by atoms with van der Waals surface area (Å²) < 4.78 is 38.7. The van der Waals surface area contributed by atoms with Crippen molar-refractivity contribution in [1.29, 1.82) is 0 Å². The third-order valence-corrected chi connectivity index (χ3v) is 9.15. The molecule has 11 nitrogen and oxygen atoms in total. The van der Waals surface area contributed by atoms with Crippen LogP contribution in [0.2, 0.25) is 0 Å². The molecule has 3 aliphatic rings. The van der Waals surface area contributed by atoms with Crippen molar-refractivity contribution >= 4 is 28.2 Å². The van der Waals surface area contributed by atoms with Crippen LogP contribution in [0.15, 0.2) is 54.8 Å². The Morgan fingerprint density at radius 2 is 1.86 bits per heavy atom. The van der Waals surface area contributed by atoms with Crippen molar-refractivity contribution in [2.45, 2.75) is 102 Å². The summed E-state index contributed by atoms with van der Waals surface area (Å²) in [7, 11) is -4.19. The van der Waals surface area contributed by atoms with E-state index in [2.05, 4.69) is 21.9 Å². The first-order chi connectivity index (χ1) is 20.8. The number of benzene rings is 1. The summed E-state index contributed by atoms with van der Waals surface area (Å²) in [6.07, 6.45) is 9.00. The Kier molecular flexibility index (Phi) is 10.8. The Morgan fingerprint density at radius 1 is 1.11 bits per heavy atom. The molecule has 1 aromatic rings.